The standard InChI is InChI=1S/C39H49NO5S/c1-5-23-40(46(4,44)45)26-38(43)20-17-33-36(38,3)19-16-32-35(2)18-15-28(41)24-37(35)21-22-39(32,33)31(25-37)34(42)30-14-10-9-13-29(30)27-11-7-6-8-12-27/h6-14,21-22,25,28,32-33,41,43H,5,15-20,23-24,26H2,1-4H3/t28?,32-,33-,35-,36+,37+,38-,39-/m1/s1. The topological polar surface area (TPSA) is 94.9 Å². The van der Waals surface area contributed by atoms with Crippen LogP contribution in [0.5, 0.6) is 0 Å². The minimum Gasteiger partial charge on any atom is -0.393 e. The molecule has 0 aliphatic heterocycles. The summed E-state index contributed by atoms with van der Waals surface area (Å²) in [7, 11) is -3.51. The number of carbonyl (C=O) groups is 1. The number of hydrogen-bond acceptors (Lipinski definition) is 5. The Morgan fingerprint density at radius 1 is 0.913 bits per heavy atom. The van der Waals surface area contributed by atoms with Crippen molar-refractivity contribution in [1.29, 1.82) is 0 Å². The van der Waals surface area contributed by atoms with Gasteiger partial charge < -0.3 is 10.2 Å². The van der Waals surface area contributed by atoms with Crippen molar-refractivity contribution in [3.05, 3.63) is 84.0 Å². The van der Waals surface area contributed by atoms with Gasteiger partial charge in [-0.1, -0.05) is 93.6 Å². The van der Waals surface area contributed by atoms with Crippen molar-refractivity contribution in [2.75, 3.05) is 19.3 Å². The Balaban J connectivity index is 1.39. The first kappa shape index (κ1) is 32.0. The summed E-state index contributed by atoms with van der Waals surface area (Å²) in [5, 5.41) is 23.6. The van der Waals surface area contributed by atoms with Crippen molar-refractivity contribution in [3.8, 4) is 11.1 Å². The predicted octanol–water partition coefficient (Wildman–Crippen LogP) is 6.80. The number of carbonyl (C=O) groups excluding carboxylic acids is 1. The van der Waals surface area contributed by atoms with Crippen LogP contribution in [0.4, 0.5) is 0 Å². The van der Waals surface area contributed by atoms with Crippen LogP contribution >= 0.6 is 0 Å². The number of rotatable bonds is 8. The van der Waals surface area contributed by atoms with Gasteiger partial charge in [0.2, 0.25) is 10.0 Å². The van der Waals surface area contributed by atoms with Crippen LogP contribution in [-0.2, 0) is 10.0 Å². The molecule has 46 heavy (non-hydrogen) atoms. The number of aliphatic hydroxyl groups is 2. The molecule has 1 unspecified atom stereocenters. The number of fused-ring (bicyclic) bond motifs is 1. The van der Waals surface area contributed by atoms with Gasteiger partial charge in [-0.3, -0.25) is 4.79 Å². The lowest BCUT2D eigenvalue weighted by molar-refractivity contribution is -0.173. The fraction of sp³-hybridized carbons (Fsp3) is 0.564. The smallest absolute Gasteiger partial charge is 0.211 e. The number of Topliss-reactive ketones (excluding diaryl/α,β-unsaturated/α-hetero) is 1. The number of sulfonamides is 1. The Morgan fingerprint density at radius 3 is 2.28 bits per heavy atom. The maximum absolute atomic E-state index is 15.2. The van der Waals surface area contributed by atoms with Crippen LogP contribution in [0, 0.1) is 33.5 Å². The Hall–Kier alpha value is -2.58. The highest BCUT2D eigenvalue weighted by Gasteiger charge is 2.74. The van der Waals surface area contributed by atoms with Gasteiger partial charge in [0.15, 0.2) is 5.78 Å². The second-order valence-electron chi connectivity index (χ2n) is 15.6. The molecule has 0 heterocycles. The van der Waals surface area contributed by atoms with E-state index in [0.29, 0.717) is 37.8 Å². The average molecular weight is 644 g/mol. The van der Waals surface area contributed by atoms with Gasteiger partial charge in [-0.15, -0.1) is 0 Å². The second-order valence-corrected chi connectivity index (χ2v) is 17.6. The van der Waals surface area contributed by atoms with Crippen LogP contribution in [0.2, 0.25) is 0 Å². The van der Waals surface area contributed by atoms with Crippen LogP contribution in [0.1, 0.15) is 82.5 Å². The minimum absolute atomic E-state index is 0.0266. The third-order valence-corrected chi connectivity index (χ3v) is 14.8. The number of aliphatic hydroxyl groups excluding tert-OH is 1. The van der Waals surface area contributed by atoms with Crippen LogP contribution in [0.15, 0.2) is 78.4 Å². The molecule has 3 saturated carbocycles. The predicted molar refractivity (Wildman–Crippen MR) is 181 cm³/mol. The summed E-state index contributed by atoms with van der Waals surface area (Å²) in [6.45, 7) is 6.96. The molecule has 3 fully saturated rings. The van der Waals surface area contributed by atoms with Gasteiger partial charge in [-0.05, 0) is 79.7 Å². The van der Waals surface area contributed by atoms with Gasteiger partial charge in [0, 0.05) is 40.5 Å². The van der Waals surface area contributed by atoms with E-state index in [4.69, 9.17) is 0 Å². The zero-order valence-electron chi connectivity index (χ0n) is 27.7. The second kappa shape index (κ2) is 10.7. The molecule has 6 nitrogen and oxygen atoms in total. The first-order valence-corrected chi connectivity index (χ1v) is 19.1. The summed E-state index contributed by atoms with van der Waals surface area (Å²) < 4.78 is 27.2. The third kappa shape index (κ3) is 4.30. The van der Waals surface area contributed by atoms with E-state index >= 15 is 4.79 Å². The zero-order valence-corrected chi connectivity index (χ0v) is 28.5. The lowest BCUT2D eigenvalue weighted by Gasteiger charge is -2.71. The van der Waals surface area contributed by atoms with E-state index in [1.807, 2.05) is 61.5 Å². The largest absolute Gasteiger partial charge is 0.393 e. The molecule has 2 N–H and O–H groups in total. The van der Waals surface area contributed by atoms with Crippen LogP contribution < -0.4 is 0 Å². The fourth-order valence-electron chi connectivity index (χ4n) is 11.2. The maximum atomic E-state index is 15.2. The quantitative estimate of drug-likeness (QED) is 0.244. The molecule has 6 aliphatic rings. The number of allylic oxidation sites excluding steroid dienone is 4. The van der Waals surface area contributed by atoms with Crippen LogP contribution in [-0.4, -0.2) is 59.8 Å². The van der Waals surface area contributed by atoms with E-state index < -0.39 is 38.0 Å². The lowest BCUT2D eigenvalue weighted by atomic mass is 9.32. The van der Waals surface area contributed by atoms with E-state index in [1.54, 1.807) is 0 Å². The molecule has 0 radical (unpaired) electrons. The molecule has 2 bridgehead atoms. The summed E-state index contributed by atoms with van der Waals surface area (Å²) in [5.41, 5.74) is 0.430. The van der Waals surface area contributed by atoms with Gasteiger partial charge in [-0.2, -0.15) is 4.31 Å². The Bertz CT molecular complexity index is 1720. The number of ketones is 1. The molecule has 246 valence electrons. The summed E-state index contributed by atoms with van der Waals surface area (Å²) in [4.78, 5) is 15.2. The fourth-order valence-corrected chi connectivity index (χ4v) is 12.2. The van der Waals surface area contributed by atoms with E-state index in [-0.39, 0.29) is 29.6 Å². The van der Waals surface area contributed by atoms with Gasteiger partial charge >= 0.3 is 0 Å². The molecule has 8 atom stereocenters. The van der Waals surface area contributed by atoms with Crippen molar-refractivity contribution >= 4 is 15.8 Å². The SMILES string of the molecule is CCCN(C[C@]1(O)CC[C@H]2[C@]34C=C[C@@]5(C=C3C(=O)c3ccccc3-c3ccccc3)CC(O)CC[C@]5(C)[C@H]4CC[C@@]21C)S(C)(=O)=O. The highest BCUT2D eigenvalue weighted by atomic mass is 32.2. The van der Waals surface area contributed by atoms with Crippen molar-refractivity contribution < 1.29 is 23.4 Å². The average Bonchev–Trinajstić information content (AvgIpc) is 3.30. The van der Waals surface area contributed by atoms with Gasteiger partial charge in [0.05, 0.1) is 18.0 Å². The summed E-state index contributed by atoms with van der Waals surface area (Å²) in [5.74, 6) is 0.162. The van der Waals surface area contributed by atoms with Gasteiger partial charge in [-0.25, -0.2) is 8.42 Å². The molecule has 0 saturated heterocycles. The minimum atomic E-state index is -3.51. The van der Waals surface area contributed by atoms with Gasteiger partial charge in [0.1, 0.15) is 0 Å². The number of nitrogens with zero attached hydrogens (tertiary/aromatic N) is 1. The molecule has 2 spiro atoms. The number of benzene rings is 2. The lowest BCUT2D eigenvalue weighted by Crippen LogP contribution is -2.67. The Kier molecular flexibility index (Phi) is 7.45. The van der Waals surface area contributed by atoms with E-state index in [9.17, 15) is 18.6 Å². The molecule has 2 aromatic rings. The van der Waals surface area contributed by atoms with Crippen molar-refractivity contribution in [1.82, 2.24) is 4.31 Å². The normalized spacial score (nSPS) is 39.5. The van der Waals surface area contributed by atoms with Crippen molar-refractivity contribution in [2.24, 2.45) is 33.5 Å². The zero-order chi connectivity index (χ0) is 32.8. The molecule has 7 heteroatoms. The molecule has 2 aromatic carbocycles. The van der Waals surface area contributed by atoms with E-state index in [1.165, 1.54) is 10.6 Å². The highest BCUT2D eigenvalue weighted by molar-refractivity contribution is 7.88. The molecule has 8 rings (SSSR count). The van der Waals surface area contributed by atoms with Gasteiger partial charge in [0.25, 0.3) is 0 Å². The first-order valence-electron chi connectivity index (χ1n) is 17.2. The summed E-state index contributed by atoms with van der Waals surface area (Å²) in [6.07, 6.45) is 13.4. The maximum Gasteiger partial charge on any atom is 0.211 e. The Labute approximate surface area is 274 Å². The van der Waals surface area contributed by atoms with Crippen LogP contribution in [0.3, 0.4) is 0 Å². The highest BCUT2D eigenvalue weighted by Crippen LogP contribution is 2.78. The van der Waals surface area contributed by atoms with E-state index in [2.05, 4.69) is 32.1 Å². The summed E-state index contributed by atoms with van der Waals surface area (Å²) >= 11 is 0. The molecule has 0 amide bonds. The van der Waals surface area contributed by atoms with Crippen molar-refractivity contribution in [2.45, 2.75) is 83.8 Å². The third-order valence-electron chi connectivity index (χ3n) is 13.6. The van der Waals surface area contributed by atoms with Crippen LogP contribution in [0.25, 0.3) is 11.1 Å². The number of hydrogen-bond donors (Lipinski definition) is 2. The first-order chi connectivity index (χ1) is 21.7. The molecular weight excluding hydrogens is 594 g/mol. The molecular formula is C39H49NO5S. The Morgan fingerprint density at radius 2 is 1.57 bits per heavy atom. The molecule has 6 aliphatic carbocycles. The van der Waals surface area contributed by atoms with Crippen molar-refractivity contribution in [3.63, 3.8) is 0 Å². The summed E-state index contributed by atoms with van der Waals surface area (Å²) in [6, 6.07) is 17.9. The van der Waals surface area contributed by atoms with E-state index in [0.717, 1.165) is 42.4 Å². The molecule has 0 aromatic heterocycles. The monoisotopic (exact) mass is 643 g/mol.